The lowest BCUT2D eigenvalue weighted by Crippen LogP contribution is -2.52. The van der Waals surface area contributed by atoms with E-state index in [9.17, 15) is 36.3 Å². The van der Waals surface area contributed by atoms with E-state index in [1.165, 1.54) is 20.8 Å². The number of carbonyl (C=O) groups excluding carboxylic acids is 1. The number of hydrogen-bond acceptors (Lipinski definition) is 6. The summed E-state index contributed by atoms with van der Waals surface area (Å²) in [5.41, 5.74) is -8.82. The Morgan fingerprint density at radius 1 is 1.29 bits per heavy atom. The molecule has 1 rings (SSSR count). The SMILES string of the molecule is CC(C)(C)OC(=O)N1CC(OS(=O)(=O)C(F)(F)F)=C[C@]1(C)C(=O)O. The summed E-state index contributed by atoms with van der Waals surface area (Å²) in [4.78, 5) is 24.0. The topological polar surface area (TPSA) is 110 Å². The van der Waals surface area contributed by atoms with E-state index >= 15 is 0 Å². The van der Waals surface area contributed by atoms with Crippen molar-refractivity contribution in [1.82, 2.24) is 4.90 Å². The van der Waals surface area contributed by atoms with Gasteiger partial charge in [0.15, 0.2) is 5.54 Å². The van der Waals surface area contributed by atoms with Crippen molar-refractivity contribution in [2.24, 2.45) is 0 Å². The summed E-state index contributed by atoms with van der Waals surface area (Å²) < 4.78 is 68.0. The van der Waals surface area contributed by atoms with Crippen LogP contribution in [-0.4, -0.2) is 53.7 Å². The Morgan fingerprint density at radius 3 is 2.17 bits per heavy atom. The second-order valence-electron chi connectivity index (χ2n) is 6.11. The molecule has 138 valence electrons. The van der Waals surface area contributed by atoms with Gasteiger partial charge in [0.2, 0.25) is 0 Å². The summed E-state index contributed by atoms with van der Waals surface area (Å²) in [6.45, 7) is 4.68. The van der Waals surface area contributed by atoms with Crippen LogP contribution in [0, 0.1) is 0 Å². The van der Waals surface area contributed by atoms with Gasteiger partial charge in [-0.25, -0.2) is 9.59 Å². The fraction of sp³-hybridized carbons (Fsp3) is 0.667. The maximum atomic E-state index is 12.4. The molecule has 1 aliphatic rings. The Bertz CT molecular complexity index is 678. The van der Waals surface area contributed by atoms with Crippen molar-refractivity contribution in [3.05, 3.63) is 11.8 Å². The summed E-state index contributed by atoms with van der Waals surface area (Å²) in [7, 11) is -5.98. The van der Waals surface area contributed by atoms with Gasteiger partial charge in [0.25, 0.3) is 0 Å². The summed E-state index contributed by atoms with van der Waals surface area (Å²) in [6, 6.07) is 0. The molecule has 0 saturated carbocycles. The minimum absolute atomic E-state index is 0.557. The van der Waals surface area contributed by atoms with Crippen molar-refractivity contribution in [2.45, 2.75) is 44.3 Å². The molecular weight excluding hydrogens is 359 g/mol. The van der Waals surface area contributed by atoms with Crippen molar-refractivity contribution in [1.29, 1.82) is 0 Å². The average Bonchev–Trinajstić information content (AvgIpc) is 2.63. The van der Waals surface area contributed by atoms with Crippen LogP contribution >= 0.6 is 0 Å². The van der Waals surface area contributed by atoms with Gasteiger partial charge < -0.3 is 14.0 Å². The van der Waals surface area contributed by atoms with Gasteiger partial charge in [-0.05, 0) is 33.8 Å². The fourth-order valence-corrected chi connectivity index (χ4v) is 2.22. The van der Waals surface area contributed by atoms with Crippen LogP contribution in [0.2, 0.25) is 0 Å². The van der Waals surface area contributed by atoms with E-state index in [1.807, 2.05) is 0 Å². The van der Waals surface area contributed by atoms with Gasteiger partial charge >= 0.3 is 27.7 Å². The summed E-state index contributed by atoms with van der Waals surface area (Å²) in [5.74, 6) is -2.44. The van der Waals surface area contributed by atoms with Crippen molar-refractivity contribution >= 4 is 22.2 Å². The van der Waals surface area contributed by atoms with Crippen molar-refractivity contribution < 1.29 is 45.2 Å². The highest BCUT2D eigenvalue weighted by Gasteiger charge is 2.53. The number of carboxylic acid groups (broad SMARTS) is 1. The molecule has 0 radical (unpaired) electrons. The number of carbonyl (C=O) groups is 2. The summed E-state index contributed by atoms with van der Waals surface area (Å²) in [5, 5.41) is 9.24. The summed E-state index contributed by atoms with van der Waals surface area (Å²) >= 11 is 0. The van der Waals surface area contributed by atoms with Crippen LogP contribution in [0.1, 0.15) is 27.7 Å². The second-order valence-corrected chi connectivity index (χ2v) is 7.65. The van der Waals surface area contributed by atoms with Gasteiger partial charge in [0.1, 0.15) is 11.4 Å². The van der Waals surface area contributed by atoms with Gasteiger partial charge in [-0.2, -0.15) is 21.6 Å². The molecule has 0 aromatic heterocycles. The minimum Gasteiger partial charge on any atom is -0.479 e. The highest BCUT2D eigenvalue weighted by molar-refractivity contribution is 7.87. The first-order valence-corrected chi connectivity index (χ1v) is 7.87. The maximum absolute atomic E-state index is 12.4. The third kappa shape index (κ3) is 4.10. The van der Waals surface area contributed by atoms with Gasteiger partial charge in [0.05, 0.1) is 6.54 Å². The first kappa shape index (κ1) is 20.1. The summed E-state index contributed by atoms with van der Waals surface area (Å²) in [6.07, 6.45) is -0.533. The lowest BCUT2D eigenvalue weighted by Gasteiger charge is -2.32. The van der Waals surface area contributed by atoms with E-state index in [0.29, 0.717) is 11.0 Å². The number of halogens is 3. The number of nitrogens with zero attached hydrogens (tertiary/aromatic N) is 1. The van der Waals surface area contributed by atoms with Crippen LogP contribution in [0.15, 0.2) is 11.8 Å². The zero-order valence-electron chi connectivity index (χ0n) is 13.2. The monoisotopic (exact) mass is 375 g/mol. The molecule has 1 atom stereocenters. The number of carboxylic acids is 1. The van der Waals surface area contributed by atoms with Gasteiger partial charge in [-0.15, -0.1) is 0 Å². The maximum Gasteiger partial charge on any atom is 0.534 e. The standard InChI is InChI=1S/C12H16F3NO7S/c1-10(2,3)22-9(19)16-6-7(5-11(16,4)8(17)18)23-24(20,21)12(13,14)15/h5H,6H2,1-4H3,(H,17,18)/t11-/m1/s1. The number of hydrogen-bond donors (Lipinski definition) is 1. The van der Waals surface area contributed by atoms with Crippen LogP contribution in [-0.2, 0) is 23.8 Å². The Morgan fingerprint density at radius 2 is 1.79 bits per heavy atom. The first-order valence-electron chi connectivity index (χ1n) is 6.46. The molecule has 0 spiro atoms. The fourth-order valence-electron chi connectivity index (χ4n) is 1.74. The van der Waals surface area contributed by atoms with E-state index in [2.05, 4.69) is 4.18 Å². The average molecular weight is 375 g/mol. The molecule has 0 bridgehead atoms. The highest BCUT2D eigenvalue weighted by atomic mass is 32.2. The normalized spacial score (nSPS) is 22.1. The Kier molecular flexibility index (Phi) is 4.87. The molecule has 0 saturated heterocycles. The van der Waals surface area contributed by atoms with E-state index < -0.39 is 51.1 Å². The molecular formula is C12H16F3NO7S. The third-order valence-corrected chi connectivity index (χ3v) is 3.86. The van der Waals surface area contributed by atoms with Crippen molar-refractivity contribution in [3.8, 4) is 0 Å². The Labute approximate surface area is 135 Å². The van der Waals surface area contributed by atoms with Gasteiger partial charge in [0, 0.05) is 0 Å². The highest BCUT2D eigenvalue weighted by Crippen LogP contribution is 2.33. The molecule has 1 N–H and O–H groups in total. The molecule has 24 heavy (non-hydrogen) atoms. The predicted molar refractivity (Wildman–Crippen MR) is 73.1 cm³/mol. The molecule has 12 heteroatoms. The van der Waals surface area contributed by atoms with Crippen LogP contribution in [0.3, 0.4) is 0 Å². The van der Waals surface area contributed by atoms with Gasteiger partial charge in [-0.1, -0.05) is 0 Å². The predicted octanol–water partition coefficient (Wildman–Crippen LogP) is 1.83. The van der Waals surface area contributed by atoms with E-state index in [0.717, 1.165) is 6.92 Å². The van der Waals surface area contributed by atoms with Gasteiger partial charge in [-0.3, -0.25) is 4.90 Å². The van der Waals surface area contributed by atoms with Crippen molar-refractivity contribution in [2.75, 3.05) is 6.54 Å². The van der Waals surface area contributed by atoms with Crippen LogP contribution in [0.5, 0.6) is 0 Å². The second kappa shape index (κ2) is 5.83. The van der Waals surface area contributed by atoms with E-state index in [1.54, 1.807) is 0 Å². The molecule has 0 unspecified atom stereocenters. The molecule has 0 aromatic carbocycles. The molecule has 1 amide bonds. The number of ether oxygens (including phenoxy) is 1. The molecule has 8 nitrogen and oxygen atoms in total. The molecule has 0 fully saturated rings. The Balaban J connectivity index is 3.14. The van der Waals surface area contributed by atoms with E-state index in [4.69, 9.17) is 4.74 Å². The molecule has 1 heterocycles. The number of rotatable bonds is 3. The molecule has 1 aliphatic heterocycles. The van der Waals surface area contributed by atoms with Crippen LogP contribution in [0.25, 0.3) is 0 Å². The largest absolute Gasteiger partial charge is 0.534 e. The van der Waals surface area contributed by atoms with Crippen molar-refractivity contribution in [3.63, 3.8) is 0 Å². The third-order valence-electron chi connectivity index (χ3n) is 2.86. The molecule has 0 aliphatic carbocycles. The zero-order valence-corrected chi connectivity index (χ0v) is 14.0. The molecule has 0 aromatic rings. The lowest BCUT2D eigenvalue weighted by atomic mass is 10.0. The van der Waals surface area contributed by atoms with E-state index in [-0.39, 0.29) is 0 Å². The Hall–Kier alpha value is -1.98. The number of alkyl halides is 3. The number of amides is 1. The lowest BCUT2D eigenvalue weighted by molar-refractivity contribution is -0.146. The quantitative estimate of drug-likeness (QED) is 0.592. The zero-order chi connectivity index (χ0) is 19.1. The van der Waals surface area contributed by atoms with Crippen LogP contribution in [0.4, 0.5) is 18.0 Å². The van der Waals surface area contributed by atoms with Crippen LogP contribution < -0.4 is 0 Å². The first-order chi connectivity index (χ1) is 10.5. The number of aliphatic carboxylic acids is 1. The smallest absolute Gasteiger partial charge is 0.479 e. The minimum atomic E-state index is -5.98.